The monoisotopic (exact) mass is 489 g/mol. The first-order valence-corrected chi connectivity index (χ1v) is 12.7. The lowest BCUT2D eigenvalue weighted by molar-refractivity contribution is -0.147. The first-order chi connectivity index (χ1) is 15.9. The number of carbonyl (C=O) groups excluding carboxylic acids is 2. The summed E-state index contributed by atoms with van der Waals surface area (Å²) in [6.07, 6.45) is 0.445. The molecule has 1 fully saturated rings. The average Bonchev–Trinajstić information content (AvgIpc) is 3.24. The molecule has 1 aliphatic heterocycles. The zero-order valence-electron chi connectivity index (χ0n) is 17.7. The van der Waals surface area contributed by atoms with Gasteiger partial charge in [-0.3, -0.25) is 14.9 Å². The fourth-order valence-electron chi connectivity index (χ4n) is 3.31. The third kappa shape index (κ3) is 5.93. The molecular weight excluding hydrogens is 466 g/mol. The molecule has 0 saturated carbocycles. The molecule has 0 spiro atoms. The summed E-state index contributed by atoms with van der Waals surface area (Å²) in [5, 5.41) is 3.08. The number of ether oxygens (including phenoxy) is 2. The normalized spacial score (nSPS) is 14.8. The molecule has 1 N–H and O–H groups in total. The maximum Gasteiger partial charge on any atom is 0.306 e. The van der Waals surface area contributed by atoms with Crippen molar-refractivity contribution in [3.8, 4) is 0 Å². The van der Waals surface area contributed by atoms with E-state index >= 15 is 0 Å². The van der Waals surface area contributed by atoms with Gasteiger partial charge in [-0.2, -0.15) is 4.31 Å². The summed E-state index contributed by atoms with van der Waals surface area (Å²) < 4.78 is 37.9. The summed E-state index contributed by atoms with van der Waals surface area (Å²) in [5.74, 6) is -0.973. The van der Waals surface area contributed by atoms with E-state index in [1.807, 2.05) is 24.3 Å². The Bertz CT molecular complexity index is 1200. The number of carbonyl (C=O) groups is 2. The molecule has 2 aromatic carbocycles. The van der Waals surface area contributed by atoms with Crippen LogP contribution in [0.4, 0.5) is 5.13 Å². The average molecular weight is 490 g/mol. The molecule has 33 heavy (non-hydrogen) atoms. The van der Waals surface area contributed by atoms with Crippen LogP contribution in [0.25, 0.3) is 10.2 Å². The molecule has 0 aliphatic carbocycles. The number of fused-ring (bicyclic) bond motifs is 1. The number of aryl methyl sites for hydroxylation is 1. The van der Waals surface area contributed by atoms with Gasteiger partial charge < -0.3 is 9.47 Å². The van der Waals surface area contributed by atoms with Gasteiger partial charge in [-0.15, -0.1) is 0 Å². The Kier molecular flexibility index (Phi) is 7.33. The second kappa shape index (κ2) is 10.4. The molecule has 2 heterocycles. The van der Waals surface area contributed by atoms with Crippen molar-refractivity contribution in [2.45, 2.75) is 17.7 Å². The van der Waals surface area contributed by atoms with Crippen molar-refractivity contribution in [3.05, 3.63) is 54.1 Å². The number of amides is 1. The number of hydrogen-bond acceptors (Lipinski definition) is 8. The fourth-order valence-corrected chi connectivity index (χ4v) is 5.60. The Morgan fingerprint density at radius 2 is 1.82 bits per heavy atom. The van der Waals surface area contributed by atoms with Gasteiger partial charge in [-0.25, -0.2) is 13.4 Å². The number of aromatic nitrogens is 1. The van der Waals surface area contributed by atoms with Crippen LogP contribution in [-0.2, 0) is 35.5 Å². The van der Waals surface area contributed by atoms with E-state index < -0.39 is 28.5 Å². The van der Waals surface area contributed by atoms with Gasteiger partial charge in [0.05, 0.1) is 28.3 Å². The standard InChI is InChI=1S/C22H23N3O6S2/c26-20(24-22-23-18-3-1-2-4-19(18)32-22)15-31-21(27)10-7-16-5-8-17(9-6-16)33(28,29)25-11-13-30-14-12-25/h1-6,8-9H,7,10-15H2,(H,23,24,26). The van der Waals surface area contributed by atoms with Crippen LogP contribution in [0.3, 0.4) is 0 Å². The van der Waals surface area contributed by atoms with Crippen LogP contribution in [0.2, 0.25) is 0 Å². The largest absolute Gasteiger partial charge is 0.456 e. The minimum atomic E-state index is -3.55. The summed E-state index contributed by atoms with van der Waals surface area (Å²) in [5.41, 5.74) is 1.59. The van der Waals surface area contributed by atoms with E-state index in [0.29, 0.717) is 37.9 Å². The molecule has 0 atom stereocenters. The summed E-state index contributed by atoms with van der Waals surface area (Å²) in [4.78, 5) is 28.6. The van der Waals surface area contributed by atoms with Crippen molar-refractivity contribution in [1.29, 1.82) is 0 Å². The zero-order chi connectivity index (χ0) is 23.3. The quantitative estimate of drug-likeness (QED) is 0.483. The topological polar surface area (TPSA) is 115 Å². The van der Waals surface area contributed by atoms with Crippen molar-refractivity contribution >= 4 is 48.6 Å². The Balaban J connectivity index is 1.22. The number of nitrogens with one attached hydrogen (secondary N) is 1. The summed E-state index contributed by atoms with van der Waals surface area (Å²) in [6, 6.07) is 14.0. The van der Waals surface area contributed by atoms with Gasteiger partial charge in [0.25, 0.3) is 5.91 Å². The lowest BCUT2D eigenvalue weighted by Crippen LogP contribution is -2.40. The summed E-state index contributed by atoms with van der Waals surface area (Å²) in [6.45, 7) is 1.05. The molecule has 9 nitrogen and oxygen atoms in total. The number of hydrogen-bond donors (Lipinski definition) is 1. The molecule has 0 radical (unpaired) electrons. The second-order valence-corrected chi connectivity index (χ2v) is 10.3. The van der Waals surface area contributed by atoms with Gasteiger partial charge in [0.15, 0.2) is 11.7 Å². The Morgan fingerprint density at radius 1 is 1.09 bits per heavy atom. The minimum absolute atomic E-state index is 0.0734. The number of nitrogens with zero attached hydrogens (tertiary/aromatic N) is 2. The predicted molar refractivity (Wildman–Crippen MR) is 124 cm³/mol. The SMILES string of the molecule is O=C(COC(=O)CCc1ccc(S(=O)(=O)N2CCOCC2)cc1)Nc1nc2ccccc2s1. The molecule has 174 valence electrons. The van der Waals surface area contributed by atoms with Crippen LogP contribution in [0.5, 0.6) is 0 Å². The van der Waals surface area contributed by atoms with Gasteiger partial charge in [-0.1, -0.05) is 35.6 Å². The molecule has 1 amide bonds. The number of morpholine rings is 1. The molecule has 1 aromatic heterocycles. The predicted octanol–water partition coefficient (Wildman–Crippen LogP) is 2.43. The number of rotatable bonds is 8. The van der Waals surface area contributed by atoms with Gasteiger partial charge in [-0.05, 0) is 36.2 Å². The maximum absolute atomic E-state index is 12.7. The number of thiazole rings is 1. The van der Waals surface area contributed by atoms with E-state index in [9.17, 15) is 18.0 Å². The molecule has 3 aromatic rings. The van der Waals surface area contributed by atoms with E-state index in [0.717, 1.165) is 15.8 Å². The highest BCUT2D eigenvalue weighted by Crippen LogP contribution is 2.25. The van der Waals surface area contributed by atoms with Crippen molar-refractivity contribution in [2.75, 3.05) is 38.2 Å². The van der Waals surface area contributed by atoms with E-state index in [-0.39, 0.29) is 11.3 Å². The fraction of sp³-hybridized carbons (Fsp3) is 0.318. The Morgan fingerprint density at radius 3 is 2.55 bits per heavy atom. The van der Waals surface area contributed by atoms with Crippen LogP contribution >= 0.6 is 11.3 Å². The van der Waals surface area contributed by atoms with Crippen molar-refractivity contribution in [3.63, 3.8) is 0 Å². The highest BCUT2D eigenvalue weighted by molar-refractivity contribution is 7.89. The van der Waals surface area contributed by atoms with Crippen molar-refractivity contribution < 1.29 is 27.5 Å². The van der Waals surface area contributed by atoms with Gasteiger partial charge >= 0.3 is 5.97 Å². The zero-order valence-corrected chi connectivity index (χ0v) is 19.4. The van der Waals surface area contributed by atoms with Crippen molar-refractivity contribution in [1.82, 2.24) is 9.29 Å². The molecule has 1 saturated heterocycles. The summed E-state index contributed by atoms with van der Waals surface area (Å²) >= 11 is 1.34. The number of benzene rings is 2. The van der Waals surface area contributed by atoms with Crippen LogP contribution < -0.4 is 5.32 Å². The Hall–Kier alpha value is -2.86. The number of anilines is 1. The second-order valence-electron chi connectivity index (χ2n) is 7.36. The maximum atomic E-state index is 12.7. The smallest absolute Gasteiger partial charge is 0.306 e. The van der Waals surface area contributed by atoms with Crippen LogP contribution in [-0.4, -0.2) is 62.5 Å². The molecular formula is C22H23N3O6S2. The molecule has 0 unspecified atom stereocenters. The first-order valence-electron chi connectivity index (χ1n) is 10.4. The third-order valence-electron chi connectivity index (χ3n) is 5.05. The van der Waals surface area contributed by atoms with Gasteiger partial charge in [0.1, 0.15) is 0 Å². The lowest BCUT2D eigenvalue weighted by Gasteiger charge is -2.26. The number of esters is 1. The Labute approximate surface area is 195 Å². The van der Waals surface area contributed by atoms with Gasteiger partial charge in [0.2, 0.25) is 10.0 Å². The lowest BCUT2D eigenvalue weighted by atomic mass is 10.1. The van der Waals surface area contributed by atoms with Crippen LogP contribution in [0, 0.1) is 0 Å². The van der Waals surface area contributed by atoms with E-state index in [4.69, 9.17) is 9.47 Å². The highest BCUT2D eigenvalue weighted by atomic mass is 32.2. The van der Waals surface area contributed by atoms with Crippen LogP contribution in [0.15, 0.2) is 53.4 Å². The molecule has 0 bridgehead atoms. The molecule has 1 aliphatic rings. The molecule has 4 rings (SSSR count). The van der Waals surface area contributed by atoms with Gasteiger partial charge in [0, 0.05) is 19.5 Å². The van der Waals surface area contributed by atoms with E-state index in [2.05, 4.69) is 10.3 Å². The van der Waals surface area contributed by atoms with E-state index in [1.54, 1.807) is 12.1 Å². The minimum Gasteiger partial charge on any atom is -0.456 e. The van der Waals surface area contributed by atoms with Crippen molar-refractivity contribution in [2.24, 2.45) is 0 Å². The number of sulfonamides is 1. The molecule has 11 heteroatoms. The third-order valence-corrected chi connectivity index (χ3v) is 7.92. The van der Waals surface area contributed by atoms with Crippen LogP contribution in [0.1, 0.15) is 12.0 Å². The van der Waals surface area contributed by atoms with E-state index in [1.165, 1.54) is 27.8 Å². The highest BCUT2D eigenvalue weighted by Gasteiger charge is 2.26. The first kappa shape index (κ1) is 23.3. The number of para-hydroxylation sites is 1. The summed E-state index contributed by atoms with van der Waals surface area (Å²) in [7, 11) is -3.55.